The third-order valence-electron chi connectivity index (χ3n) is 18.5. The first-order valence-corrected chi connectivity index (χ1v) is 42.8. The van der Waals surface area contributed by atoms with Crippen LogP contribution in [-0.4, -0.2) is 96.7 Å². The Morgan fingerprint density at radius 2 is 0.500 bits per heavy atom. The van der Waals surface area contributed by atoms with Gasteiger partial charge in [0.15, 0.2) is 12.2 Å². The number of phosphoric ester groups is 2. The molecule has 19 heteroatoms. The molecule has 0 spiro atoms. The van der Waals surface area contributed by atoms with Crippen LogP contribution in [-0.2, 0) is 65.4 Å². The number of esters is 4. The van der Waals surface area contributed by atoms with Gasteiger partial charge in [-0.2, -0.15) is 0 Å². The highest BCUT2D eigenvalue weighted by Gasteiger charge is 2.30. The van der Waals surface area contributed by atoms with Crippen molar-refractivity contribution >= 4 is 39.5 Å². The Hall–Kier alpha value is -1.94. The fourth-order valence-electron chi connectivity index (χ4n) is 11.7. The van der Waals surface area contributed by atoms with Crippen LogP contribution in [0.3, 0.4) is 0 Å². The molecule has 0 fully saturated rings. The number of rotatable bonds is 74. The Balaban J connectivity index is 5.14. The molecule has 7 atom stereocenters. The molecule has 0 aliphatic rings. The second kappa shape index (κ2) is 66.3. The van der Waals surface area contributed by atoms with Crippen LogP contribution < -0.4 is 0 Å². The maximum Gasteiger partial charge on any atom is 0.472 e. The van der Waals surface area contributed by atoms with Crippen molar-refractivity contribution in [3.05, 3.63) is 0 Å². The number of aliphatic hydroxyl groups excluding tert-OH is 1. The summed E-state index contributed by atoms with van der Waals surface area (Å²) in [5, 5.41) is 10.6. The summed E-state index contributed by atoms with van der Waals surface area (Å²) < 4.78 is 68.4. The minimum absolute atomic E-state index is 0.102. The van der Waals surface area contributed by atoms with Gasteiger partial charge in [-0.25, -0.2) is 9.13 Å². The van der Waals surface area contributed by atoms with Gasteiger partial charge >= 0.3 is 39.5 Å². The molecule has 0 radical (unpaired) electrons. The quantitative estimate of drug-likeness (QED) is 0.0222. The molecule has 0 aromatic heterocycles. The van der Waals surface area contributed by atoms with E-state index >= 15 is 0 Å². The molecule has 0 saturated heterocycles. The van der Waals surface area contributed by atoms with E-state index in [-0.39, 0.29) is 25.7 Å². The van der Waals surface area contributed by atoms with Crippen LogP contribution >= 0.6 is 15.6 Å². The minimum Gasteiger partial charge on any atom is -0.462 e. The molecule has 96 heavy (non-hydrogen) atoms. The number of carbonyl (C=O) groups is 4. The average Bonchev–Trinajstić information content (AvgIpc) is 1.16. The molecule has 0 saturated carbocycles. The van der Waals surface area contributed by atoms with Crippen molar-refractivity contribution in [1.29, 1.82) is 0 Å². The minimum atomic E-state index is -4.96. The summed E-state index contributed by atoms with van der Waals surface area (Å²) in [6.45, 7) is 14.1. The summed E-state index contributed by atoms with van der Waals surface area (Å²) >= 11 is 0. The molecule has 0 aromatic rings. The van der Waals surface area contributed by atoms with Crippen molar-refractivity contribution in [3.63, 3.8) is 0 Å². The third-order valence-corrected chi connectivity index (χ3v) is 20.4. The average molecular weight is 1410 g/mol. The SMILES string of the molecule is CCC(C)CCCCCCCCCCCCCCCCCCCCC(=O)O[C@H](COC(=O)CCCCCCCCC(C)CC)COP(=O)(O)OC[C@H](O)COP(=O)(O)OC[C@@H](COC(=O)CCCCCCCCCCCCCCC(C)C)OC(=O)CCCCCCCCC(C)C. The van der Waals surface area contributed by atoms with Gasteiger partial charge < -0.3 is 33.8 Å². The van der Waals surface area contributed by atoms with Crippen LogP contribution in [0.4, 0.5) is 0 Å². The summed E-state index contributed by atoms with van der Waals surface area (Å²) in [6.07, 6.45) is 51.7. The lowest BCUT2D eigenvalue weighted by molar-refractivity contribution is -0.161. The number of unbranched alkanes of at least 4 members (excludes halogenated alkanes) is 38. The van der Waals surface area contributed by atoms with Crippen LogP contribution in [0.5, 0.6) is 0 Å². The molecule has 4 unspecified atom stereocenters. The lowest BCUT2D eigenvalue weighted by atomic mass is 9.99. The third kappa shape index (κ3) is 67.9. The number of aliphatic hydroxyl groups is 1. The van der Waals surface area contributed by atoms with Crippen LogP contribution in [0.15, 0.2) is 0 Å². The van der Waals surface area contributed by atoms with E-state index in [0.29, 0.717) is 31.6 Å². The molecule has 0 amide bonds. The molecule has 0 aliphatic carbocycles. The molecule has 0 bridgehead atoms. The largest absolute Gasteiger partial charge is 0.472 e. The maximum atomic E-state index is 13.1. The lowest BCUT2D eigenvalue weighted by Gasteiger charge is -2.21. The normalized spacial score (nSPS) is 14.7. The van der Waals surface area contributed by atoms with E-state index in [9.17, 15) is 43.2 Å². The second-order valence-corrected chi connectivity index (χ2v) is 32.1. The molecular formula is C77H150O17P2. The van der Waals surface area contributed by atoms with Crippen molar-refractivity contribution in [2.75, 3.05) is 39.6 Å². The molecule has 0 rings (SSSR count). The van der Waals surface area contributed by atoms with Gasteiger partial charge in [0.1, 0.15) is 19.3 Å². The van der Waals surface area contributed by atoms with Crippen molar-refractivity contribution in [1.82, 2.24) is 0 Å². The van der Waals surface area contributed by atoms with E-state index in [0.717, 1.165) is 114 Å². The fraction of sp³-hybridized carbons (Fsp3) is 0.948. The summed E-state index contributed by atoms with van der Waals surface area (Å²) in [5.74, 6) is 0.927. The molecule has 0 aliphatic heterocycles. The zero-order valence-corrected chi connectivity index (χ0v) is 64.8. The van der Waals surface area contributed by atoms with Crippen LogP contribution in [0, 0.1) is 23.7 Å². The Morgan fingerprint density at radius 3 is 0.740 bits per heavy atom. The van der Waals surface area contributed by atoms with E-state index in [1.54, 1.807) is 0 Å². The second-order valence-electron chi connectivity index (χ2n) is 29.2. The smallest absolute Gasteiger partial charge is 0.462 e. The summed E-state index contributed by atoms with van der Waals surface area (Å²) in [4.78, 5) is 72.7. The Labute approximate surface area is 588 Å². The predicted molar refractivity (Wildman–Crippen MR) is 391 cm³/mol. The number of hydrogen-bond acceptors (Lipinski definition) is 15. The van der Waals surface area contributed by atoms with Crippen molar-refractivity contribution in [2.24, 2.45) is 23.7 Å². The Kier molecular flexibility index (Phi) is 65.0. The van der Waals surface area contributed by atoms with Gasteiger partial charge in [0.25, 0.3) is 0 Å². The van der Waals surface area contributed by atoms with Crippen LogP contribution in [0.25, 0.3) is 0 Å². The van der Waals surface area contributed by atoms with Gasteiger partial charge in [-0.3, -0.25) is 37.3 Å². The first-order valence-electron chi connectivity index (χ1n) is 39.8. The van der Waals surface area contributed by atoms with E-state index in [2.05, 4.69) is 55.4 Å². The fourth-order valence-corrected chi connectivity index (χ4v) is 13.2. The highest BCUT2D eigenvalue weighted by atomic mass is 31.2. The molecule has 0 aromatic carbocycles. The number of ether oxygens (including phenoxy) is 4. The van der Waals surface area contributed by atoms with Gasteiger partial charge in [-0.05, 0) is 49.4 Å². The van der Waals surface area contributed by atoms with Crippen molar-refractivity contribution < 1.29 is 80.2 Å². The van der Waals surface area contributed by atoms with Gasteiger partial charge in [-0.1, -0.05) is 338 Å². The standard InChI is InChI=1S/C77H150O17P2/c1-9-69(7)55-47-39-30-26-22-17-15-13-11-12-14-16-18-24-28-32-43-51-59-76(81)93-72(64-88-75(80)58-50-42-36-34-40-48-56-70(8)10-2)65-91-95(83,84)89-61-71(78)62-90-96(85,86)92-66-73(94-77(82)60-52-44-35-33-38-46-54-68(5)6)63-87-74(79)57-49-41-31-27-23-20-19-21-25-29-37-45-53-67(3)4/h67-73,78H,9-66H2,1-8H3,(H,83,84)(H,85,86)/t69?,70?,71-,72+,73+/m0/s1. The van der Waals surface area contributed by atoms with Crippen LogP contribution in [0.1, 0.15) is 389 Å². The monoisotopic (exact) mass is 1410 g/mol. The first-order chi connectivity index (χ1) is 46.2. The van der Waals surface area contributed by atoms with Crippen molar-refractivity contribution in [3.8, 4) is 0 Å². The topological polar surface area (TPSA) is 237 Å². The highest BCUT2D eigenvalue weighted by molar-refractivity contribution is 7.47. The summed E-state index contributed by atoms with van der Waals surface area (Å²) in [6, 6.07) is 0. The first kappa shape index (κ1) is 94.1. The van der Waals surface area contributed by atoms with Crippen LogP contribution in [0.2, 0.25) is 0 Å². The van der Waals surface area contributed by atoms with Gasteiger partial charge in [0, 0.05) is 25.7 Å². The zero-order valence-electron chi connectivity index (χ0n) is 63.0. The molecule has 0 heterocycles. The van der Waals surface area contributed by atoms with E-state index in [4.69, 9.17) is 37.0 Å². The molecular weight excluding hydrogens is 1260 g/mol. The summed E-state index contributed by atoms with van der Waals surface area (Å²) in [7, 11) is -9.91. The molecule has 17 nitrogen and oxygen atoms in total. The van der Waals surface area contributed by atoms with Gasteiger partial charge in [0.05, 0.1) is 26.4 Å². The van der Waals surface area contributed by atoms with E-state index in [1.807, 2.05) is 0 Å². The highest BCUT2D eigenvalue weighted by Crippen LogP contribution is 2.45. The number of phosphoric acid groups is 2. The molecule has 570 valence electrons. The predicted octanol–water partition coefficient (Wildman–Crippen LogP) is 22.4. The zero-order chi connectivity index (χ0) is 71.0. The Morgan fingerprint density at radius 1 is 0.292 bits per heavy atom. The van der Waals surface area contributed by atoms with Crippen molar-refractivity contribution in [2.45, 2.75) is 408 Å². The number of carbonyl (C=O) groups excluding carboxylic acids is 4. The maximum absolute atomic E-state index is 13.1. The molecule has 3 N–H and O–H groups in total. The van der Waals surface area contributed by atoms with E-state index < -0.39 is 97.5 Å². The van der Waals surface area contributed by atoms with Gasteiger partial charge in [-0.15, -0.1) is 0 Å². The number of hydrogen-bond donors (Lipinski definition) is 3. The van der Waals surface area contributed by atoms with E-state index in [1.165, 1.54) is 186 Å². The lowest BCUT2D eigenvalue weighted by Crippen LogP contribution is -2.30. The Bertz CT molecular complexity index is 1890. The summed E-state index contributed by atoms with van der Waals surface area (Å²) in [5.41, 5.74) is 0. The van der Waals surface area contributed by atoms with Gasteiger partial charge in [0.2, 0.25) is 0 Å².